The summed E-state index contributed by atoms with van der Waals surface area (Å²) in [5.74, 6) is 0. The van der Waals surface area contributed by atoms with Gasteiger partial charge in [-0.15, -0.1) is 0 Å². The standard InChI is InChI=1S/C20H21Cl2N5S2.C7H7Cl2N/c1-12(2)26-27(13(3)4)19-6-5-16(10-18(19)23-11-28)24-20(29)25-17-8-14(21)7-15(22)9-17;1-10-7-3-5(8)2-6(9)4-7/h5-11H,3H2,1-2,4H3,(H,23,28)(H2,24,25,29);2-4,10H,1H3. The number of nitrogens with one attached hydrogen (secondary N) is 4. The van der Waals surface area contributed by atoms with Crippen LogP contribution in [0, 0.1) is 0 Å². The van der Waals surface area contributed by atoms with E-state index in [9.17, 15) is 0 Å². The third-order valence-electron chi connectivity index (χ3n) is 4.63. The summed E-state index contributed by atoms with van der Waals surface area (Å²) in [5, 5.41) is 21.2. The molecule has 0 aliphatic carbocycles. The second-order valence-corrected chi connectivity index (χ2v) is 10.6. The number of thiocarbonyl (C=S) groups is 2. The highest BCUT2D eigenvalue weighted by Crippen LogP contribution is 2.32. The molecule has 0 saturated heterocycles. The molecule has 0 fully saturated rings. The molecular formula is C27H28Cl4N6S2. The minimum absolute atomic E-state index is 0.392. The van der Waals surface area contributed by atoms with E-state index in [0.29, 0.717) is 30.9 Å². The third kappa shape index (κ3) is 11.2. The molecule has 206 valence electrons. The van der Waals surface area contributed by atoms with Gasteiger partial charge >= 0.3 is 0 Å². The van der Waals surface area contributed by atoms with E-state index in [1.807, 2.05) is 58.2 Å². The zero-order valence-corrected chi connectivity index (χ0v) is 26.4. The van der Waals surface area contributed by atoms with Gasteiger partial charge in [0.2, 0.25) is 0 Å². The Balaban J connectivity index is 0.000000446. The van der Waals surface area contributed by atoms with E-state index in [1.165, 1.54) is 5.49 Å². The average Bonchev–Trinajstić information content (AvgIpc) is 2.82. The molecule has 0 heterocycles. The average molecular weight is 643 g/mol. The third-order valence-corrected chi connectivity index (χ3v) is 5.83. The van der Waals surface area contributed by atoms with Crippen LogP contribution in [0.1, 0.15) is 20.8 Å². The second-order valence-electron chi connectivity index (χ2n) is 8.23. The molecule has 12 heteroatoms. The number of hydrogen-bond acceptors (Lipinski definition) is 5. The van der Waals surface area contributed by atoms with Gasteiger partial charge in [0.1, 0.15) is 0 Å². The first-order valence-electron chi connectivity index (χ1n) is 11.4. The SMILES string of the molecule is C=C(C)N(N=C(C)C)c1ccc(NC(=S)Nc2cc(Cl)cc(Cl)c2)cc1NC=S.CNc1cc(Cl)cc(Cl)c1. The monoisotopic (exact) mass is 640 g/mol. The van der Waals surface area contributed by atoms with Gasteiger partial charge in [0, 0.05) is 55.6 Å². The Morgan fingerprint density at radius 1 is 0.821 bits per heavy atom. The number of hydrogen-bond donors (Lipinski definition) is 4. The molecule has 0 radical (unpaired) electrons. The van der Waals surface area contributed by atoms with Gasteiger partial charge in [0.25, 0.3) is 0 Å². The molecule has 0 amide bonds. The lowest BCUT2D eigenvalue weighted by molar-refractivity contribution is 0.998. The quantitative estimate of drug-likeness (QED) is 0.111. The molecule has 3 rings (SSSR count). The van der Waals surface area contributed by atoms with Gasteiger partial charge in [-0.2, -0.15) is 5.10 Å². The topological polar surface area (TPSA) is 63.7 Å². The molecule has 3 aromatic rings. The number of allylic oxidation sites excluding steroid dienone is 1. The van der Waals surface area contributed by atoms with Crippen LogP contribution in [-0.4, -0.2) is 23.4 Å². The van der Waals surface area contributed by atoms with Crippen LogP contribution in [0.5, 0.6) is 0 Å². The Bertz CT molecular complexity index is 1340. The number of nitrogens with zero attached hydrogens (tertiary/aromatic N) is 2. The lowest BCUT2D eigenvalue weighted by Crippen LogP contribution is -2.20. The van der Waals surface area contributed by atoms with Crippen molar-refractivity contribution in [2.45, 2.75) is 20.8 Å². The van der Waals surface area contributed by atoms with E-state index < -0.39 is 0 Å². The van der Waals surface area contributed by atoms with Crippen LogP contribution in [0.2, 0.25) is 20.1 Å². The summed E-state index contributed by atoms with van der Waals surface area (Å²) in [7, 11) is 1.82. The Morgan fingerprint density at radius 3 is 1.79 bits per heavy atom. The van der Waals surface area contributed by atoms with Crippen molar-refractivity contribution in [3.05, 3.63) is 87.0 Å². The van der Waals surface area contributed by atoms with Crippen molar-refractivity contribution in [3.8, 4) is 0 Å². The zero-order valence-electron chi connectivity index (χ0n) is 21.7. The van der Waals surface area contributed by atoms with Crippen molar-refractivity contribution in [1.29, 1.82) is 0 Å². The maximum atomic E-state index is 6.03. The van der Waals surface area contributed by atoms with E-state index in [0.717, 1.165) is 34.2 Å². The molecule has 0 aliphatic rings. The van der Waals surface area contributed by atoms with Gasteiger partial charge in [-0.05, 0) is 87.6 Å². The fraction of sp³-hybridized carbons (Fsp3) is 0.148. The zero-order chi connectivity index (χ0) is 29.1. The second kappa shape index (κ2) is 15.9. The minimum Gasteiger partial charge on any atom is -0.388 e. The van der Waals surface area contributed by atoms with Crippen LogP contribution in [0.15, 0.2) is 72.0 Å². The van der Waals surface area contributed by atoms with E-state index in [-0.39, 0.29) is 0 Å². The Labute approximate surface area is 260 Å². The largest absolute Gasteiger partial charge is 0.388 e. The van der Waals surface area contributed by atoms with Crippen molar-refractivity contribution in [1.82, 2.24) is 0 Å². The molecule has 0 unspecified atom stereocenters. The van der Waals surface area contributed by atoms with Crippen molar-refractivity contribution in [3.63, 3.8) is 0 Å². The van der Waals surface area contributed by atoms with Crippen LogP contribution >= 0.6 is 70.8 Å². The Kier molecular flexibility index (Phi) is 13.3. The predicted molar refractivity (Wildman–Crippen MR) is 182 cm³/mol. The van der Waals surface area contributed by atoms with Crippen molar-refractivity contribution in [2.24, 2.45) is 5.10 Å². The van der Waals surface area contributed by atoms with Crippen molar-refractivity contribution in [2.75, 3.05) is 33.3 Å². The van der Waals surface area contributed by atoms with Gasteiger partial charge in [-0.1, -0.05) is 65.2 Å². The smallest absolute Gasteiger partial charge is 0.175 e. The molecule has 39 heavy (non-hydrogen) atoms. The van der Waals surface area contributed by atoms with E-state index in [4.69, 9.17) is 70.8 Å². The van der Waals surface area contributed by atoms with Gasteiger partial charge in [-0.25, -0.2) is 5.01 Å². The summed E-state index contributed by atoms with van der Waals surface area (Å²) in [6, 6.07) is 16.1. The first kappa shape index (κ1) is 32.6. The lowest BCUT2D eigenvalue weighted by Gasteiger charge is -2.23. The van der Waals surface area contributed by atoms with Gasteiger partial charge in [-0.3, -0.25) is 0 Å². The first-order chi connectivity index (χ1) is 18.4. The highest BCUT2D eigenvalue weighted by molar-refractivity contribution is 7.80. The molecule has 0 spiro atoms. The maximum absolute atomic E-state index is 6.03. The normalized spacial score (nSPS) is 9.85. The van der Waals surface area contributed by atoms with E-state index in [1.54, 1.807) is 29.3 Å². The van der Waals surface area contributed by atoms with Crippen LogP contribution in [0.3, 0.4) is 0 Å². The van der Waals surface area contributed by atoms with Crippen molar-refractivity contribution < 1.29 is 0 Å². The Morgan fingerprint density at radius 2 is 1.33 bits per heavy atom. The maximum Gasteiger partial charge on any atom is 0.175 e. The Hall–Kier alpha value is -2.59. The van der Waals surface area contributed by atoms with Crippen LogP contribution in [0.4, 0.5) is 28.4 Å². The highest BCUT2D eigenvalue weighted by atomic mass is 35.5. The summed E-state index contributed by atoms with van der Waals surface area (Å²) in [6.45, 7) is 9.73. The number of hydrazone groups is 1. The molecule has 0 saturated carbocycles. The molecule has 6 nitrogen and oxygen atoms in total. The number of halogens is 4. The molecule has 0 aromatic heterocycles. The molecule has 0 atom stereocenters. The lowest BCUT2D eigenvalue weighted by atomic mass is 10.2. The first-order valence-corrected chi connectivity index (χ1v) is 13.8. The summed E-state index contributed by atoms with van der Waals surface area (Å²) < 4.78 is 0. The number of rotatable bonds is 8. The summed E-state index contributed by atoms with van der Waals surface area (Å²) in [6.07, 6.45) is 0. The van der Waals surface area contributed by atoms with Crippen LogP contribution in [0.25, 0.3) is 0 Å². The fourth-order valence-corrected chi connectivity index (χ4v) is 4.55. The molecular weight excluding hydrogens is 614 g/mol. The summed E-state index contributed by atoms with van der Waals surface area (Å²) in [4.78, 5) is 0. The molecule has 0 aliphatic heterocycles. The van der Waals surface area contributed by atoms with E-state index >= 15 is 0 Å². The van der Waals surface area contributed by atoms with E-state index in [2.05, 4.69) is 32.9 Å². The van der Waals surface area contributed by atoms with Gasteiger partial charge in [0.05, 0.1) is 16.9 Å². The number of anilines is 5. The minimum atomic E-state index is 0.392. The highest BCUT2D eigenvalue weighted by Gasteiger charge is 2.13. The summed E-state index contributed by atoms with van der Waals surface area (Å²) >= 11 is 33.8. The van der Waals surface area contributed by atoms with Gasteiger partial charge < -0.3 is 21.3 Å². The van der Waals surface area contributed by atoms with Crippen LogP contribution in [-0.2, 0) is 0 Å². The fourth-order valence-electron chi connectivity index (χ4n) is 3.14. The molecule has 0 bridgehead atoms. The van der Waals surface area contributed by atoms with Crippen molar-refractivity contribution >= 4 is 116 Å². The predicted octanol–water partition coefficient (Wildman–Crippen LogP) is 9.94. The molecule has 3 aromatic carbocycles. The molecule has 4 N–H and O–H groups in total. The summed E-state index contributed by atoms with van der Waals surface area (Å²) in [5.41, 5.74) is 7.05. The van der Waals surface area contributed by atoms with Gasteiger partial charge in [0.15, 0.2) is 5.11 Å². The van der Waals surface area contributed by atoms with Crippen LogP contribution < -0.4 is 26.3 Å². The number of benzene rings is 3.